The maximum atomic E-state index is 12.7. The van der Waals surface area contributed by atoms with Crippen LogP contribution in [0.15, 0.2) is 30.3 Å². The lowest BCUT2D eigenvalue weighted by Crippen LogP contribution is -2.42. The summed E-state index contributed by atoms with van der Waals surface area (Å²) in [6, 6.07) is 8.99. The average molecular weight is 362 g/mol. The number of aromatic nitrogens is 2. The van der Waals surface area contributed by atoms with E-state index >= 15 is 0 Å². The van der Waals surface area contributed by atoms with Gasteiger partial charge in [0.15, 0.2) is 0 Å². The van der Waals surface area contributed by atoms with Crippen molar-refractivity contribution < 1.29 is 13.2 Å². The summed E-state index contributed by atoms with van der Waals surface area (Å²) in [5.74, 6) is -0.304. The van der Waals surface area contributed by atoms with E-state index in [9.17, 15) is 13.2 Å². The number of nitrogens with zero attached hydrogens (tertiary/aromatic N) is 3. The number of amides is 1. The van der Waals surface area contributed by atoms with Gasteiger partial charge in [-0.1, -0.05) is 18.2 Å². The van der Waals surface area contributed by atoms with Gasteiger partial charge in [0, 0.05) is 6.54 Å². The molecule has 1 aromatic carbocycles. The Morgan fingerprint density at radius 1 is 1.24 bits per heavy atom. The van der Waals surface area contributed by atoms with Crippen LogP contribution >= 0.6 is 0 Å². The molecule has 134 valence electrons. The second kappa shape index (κ2) is 6.61. The number of carbonyl (C=O) groups is 1. The van der Waals surface area contributed by atoms with Crippen LogP contribution in [-0.2, 0) is 14.8 Å². The zero-order chi connectivity index (χ0) is 18.2. The second-order valence-corrected chi connectivity index (χ2v) is 8.25. The highest BCUT2D eigenvalue weighted by Crippen LogP contribution is 2.26. The molecular weight excluding hydrogens is 340 g/mol. The van der Waals surface area contributed by atoms with Crippen molar-refractivity contribution in [2.75, 3.05) is 18.1 Å². The first-order chi connectivity index (χ1) is 11.8. The number of carbonyl (C=O) groups excluding carboxylic acids is 1. The Morgan fingerprint density at radius 3 is 2.56 bits per heavy atom. The molecule has 1 amide bonds. The van der Waals surface area contributed by atoms with Gasteiger partial charge < -0.3 is 5.32 Å². The van der Waals surface area contributed by atoms with E-state index in [1.807, 2.05) is 44.2 Å². The van der Waals surface area contributed by atoms with E-state index in [-0.39, 0.29) is 5.91 Å². The fraction of sp³-hybridized carbons (Fsp3) is 0.412. The van der Waals surface area contributed by atoms with Gasteiger partial charge >= 0.3 is 0 Å². The molecule has 25 heavy (non-hydrogen) atoms. The Balaban J connectivity index is 1.86. The topological polar surface area (TPSA) is 84.3 Å². The second-order valence-electron chi connectivity index (χ2n) is 6.31. The minimum atomic E-state index is -3.40. The lowest BCUT2D eigenvalue weighted by Gasteiger charge is -2.21. The van der Waals surface area contributed by atoms with Gasteiger partial charge in [-0.2, -0.15) is 9.40 Å². The Morgan fingerprint density at radius 2 is 1.92 bits per heavy atom. The summed E-state index contributed by atoms with van der Waals surface area (Å²) in [6.45, 7) is 4.09. The first-order valence-electron chi connectivity index (χ1n) is 8.18. The van der Waals surface area contributed by atoms with Crippen molar-refractivity contribution in [1.82, 2.24) is 14.1 Å². The molecule has 1 aromatic heterocycles. The maximum absolute atomic E-state index is 12.7. The molecule has 0 saturated carbocycles. The Bertz CT molecular complexity index is 890. The third kappa shape index (κ3) is 3.45. The van der Waals surface area contributed by atoms with Crippen LogP contribution < -0.4 is 5.32 Å². The summed E-state index contributed by atoms with van der Waals surface area (Å²) in [6.07, 6.45) is 2.36. The van der Waals surface area contributed by atoms with Crippen molar-refractivity contribution in [3.05, 3.63) is 41.7 Å². The van der Waals surface area contributed by atoms with Crippen LogP contribution in [0.25, 0.3) is 5.69 Å². The lowest BCUT2D eigenvalue weighted by molar-refractivity contribution is -0.119. The van der Waals surface area contributed by atoms with Crippen LogP contribution in [0.5, 0.6) is 0 Å². The molecule has 0 spiro atoms. The van der Waals surface area contributed by atoms with Gasteiger partial charge in [0.1, 0.15) is 6.04 Å². The van der Waals surface area contributed by atoms with Gasteiger partial charge in [-0.25, -0.2) is 13.1 Å². The molecule has 1 N–H and O–H groups in total. The Kier molecular flexibility index (Phi) is 4.66. The summed E-state index contributed by atoms with van der Waals surface area (Å²) >= 11 is 0. The van der Waals surface area contributed by atoms with Gasteiger partial charge in [-0.15, -0.1) is 0 Å². The number of para-hydroxylation sites is 1. The molecule has 1 fully saturated rings. The van der Waals surface area contributed by atoms with Crippen LogP contribution in [0.4, 0.5) is 5.69 Å². The van der Waals surface area contributed by atoms with Crippen LogP contribution in [0.1, 0.15) is 24.2 Å². The highest BCUT2D eigenvalue weighted by molar-refractivity contribution is 7.88. The predicted molar refractivity (Wildman–Crippen MR) is 96.2 cm³/mol. The summed E-state index contributed by atoms with van der Waals surface area (Å²) in [5.41, 5.74) is 3.04. The molecule has 1 unspecified atom stereocenters. The molecule has 3 rings (SSSR count). The number of nitrogens with one attached hydrogen (secondary N) is 1. The van der Waals surface area contributed by atoms with E-state index in [0.29, 0.717) is 30.8 Å². The number of anilines is 1. The van der Waals surface area contributed by atoms with E-state index in [4.69, 9.17) is 0 Å². The summed E-state index contributed by atoms with van der Waals surface area (Å²) in [5, 5.41) is 7.38. The summed E-state index contributed by atoms with van der Waals surface area (Å²) in [7, 11) is -3.40. The fourth-order valence-corrected chi connectivity index (χ4v) is 4.37. The Labute approximate surface area is 147 Å². The summed E-state index contributed by atoms with van der Waals surface area (Å²) in [4.78, 5) is 12.7. The van der Waals surface area contributed by atoms with Crippen LogP contribution in [0, 0.1) is 13.8 Å². The fourth-order valence-electron chi connectivity index (χ4n) is 3.25. The monoisotopic (exact) mass is 362 g/mol. The molecule has 1 atom stereocenters. The molecule has 0 aliphatic carbocycles. The molecule has 2 aromatic rings. The molecule has 2 heterocycles. The average Bonchev–Trinajstić information content (AvgIpc) is 3.16. The molecule has 1 aliphatic heterocycles. The highest BCUT2D eigenvalue weighted by atomic mass is 32.2. The van der Waals surface area contributed by atoms with Gasteiger partial charge in [0.2, 0.25) is 15.9 Å². The molecule has 7 nitrogen and oxygen atoms in total. The number of rotatable bonds is 4. The third-order valence-corrected chi connectivity index (χ3v) is 5.76. The number of hydrogen-bond acceptors (Lipinski definition) is 4. The molecule has 8 heteroatoms. The lowest BCUT2D eigenvalue weighted by atomic mass is 10.2. The van der Waals surface area contributed by atoms with Crippen LogP contribution in [-0.4, -0.2) is 47.3 Å². The zero-order valence-corrected chi connectivity index (χ0v) is 15.4. The molecular formula is C17H22N4O3S. The first kappa shape index (κ1) is 17.6. The van der Waals surface area contributed by atoms with E-state index in [1.165, 1.54) is 4.31 Å². The van der Waals surface area contributed by atoms with E-state index in [0.717, 1.165) is 17.6 Å². The SMILES string of the molecule is Cc1nn(-c2ccccc2)c(C)c1NC(=O)C1CCCN1S(C)(=O)=O. The van der Waals surface area contributed by atoms with Crippen molar-refractivity contribution in [1.29, 1.82) is 0 Å². The third-order valence-electron chi connectivity index (χ3n) is 4.47. The van der Waals surface area contributed by atoms with Crippen molar-refractivity contribution in [3.8, 4) is 5.69 Å². The number of hydrogen-bond donors (Lipinski definition) is 1. The van der Waals surface area contributed by atoms with E-state index < -0.39 is 16.1 Å². The van der Waals surface area contributed by atoms with Crippen molar-refractivity contribution >= 4 is 21.6 Å². The number of aryl methyl sites for hydroxylation is 1. The molecule has 1 saturated heterocycles. The quantitative estimate of drug-likeness (QED) is 0.900. The van der Waals surface area contributed by atoms with Gasteiger partial charge in [0.05, 0.1) is 29.0 Å². The van der Waals surface area contributed by atoms with Crippen molar-refractivity contribution in [2.24, 2.45) is 0 Å². The number of benzene rings is 1. The highest BCUT2D eigenvalue weighted by Gasteiger charge is 2.36. The maximum Gasteiger partial charge on any atom is 0.242 e. The molecule has 0 bridgehead atoms. The molecule has 0 radical (unpaired) electrons. The van der Waals surface area contributed by atoms with Gasteiger partial charge in [-0.3, -0.25) is 4.79 Å². The summed E-state index contributed by atoms with van der Waals surface area (Å²) < 4.78 is 26.8. The van der Waals surface area contributed by atoms with Crippen molar-refractivity contribution in [2.45, 2.75) is 32.7 Å². The van der Waals surface area contributed by atoms with Crippen LogP contribution in [0.3, 0.4) is 0 Å². The predicted octanol–water partition coefficient (Wildman–Crippen LogP) is 1.85. The van der Waals surface area contributed by atoms with E-state index in [1.54, 1.807) is 4.68 Å². The largest absolute Gasteiger partial charge is 0.322 e. The number of sulfonamides is 1. The van der Waals surface area contributed by atoms with E-state index in [2.05, 4.69) is 10.4 Å². The van der Waals surface area contributed by atoms with Gasteiger partial charge in [0.25, 0.3) is 0 Å². The van der Waals surface area contributed by atoms with Crippen molar-refractivity contribution in [3.63, 3.8) is 0 Å². The standard InChI is InChI=1S/C17H22N4O3S/c1-12-16(13(2)21(19-12)14-8-5-4-6-9-14)18-17(22)15-10-7-11-20(15)25(3,23)24/h4-6,8-9,15H,7,10-11H2,1-3H3,(H,18,22). The normalized spacial score (nSPS) is 18.4. The molecule has 1 aliphatic rings. The van der Waals surface area contributed by atoms with Crippen LogP contribution in [0.2, 0.25) is 0 Å². The minimum absolute atomic E-state index is 0.304. The smallest absolute Gasteiger partial charge is 0.242 e. The minimum Gasteiger partial charge on any atom is -0.322 e. The zero-order valence-electron chi connectivity index (χ0n) is 14.6. The first-order valence-corrected chi connectivity index (χ1v) is 10.0. The Hall–Kier alpha value is -2.19. The van der Waals surface area contributed by atoms with Gasteiger partial charge in [-0.05, 0) is 38.8 Å².